The molecule has 1 aliphatic heterocycles. The third-order valence-corrected chi connectivity index (χ3v) is 4.54. The number of thiophene rings is 1. The van der Waals surface area contributed by atoms with Gasteiger partial charge in [-0.2, -0.15) is 0 Å². The van der Waals surface area contributed by atoms with Gasteiger partial charge in [0.15, 0.2) is 6.54 Å². The van der Waals surface area contributed by atoms with Crippen LogP contribution in [0, 0.1) is 0 Å². The first-order chi connectivity index (χ1) is 11.6. The number of ether oxygens (including phenoxy) is 1. The molecule has 0 spiro atoms. The van der Waals surface area contributed by atoms with E-state index in [1.165, 1.54) is 0 Å². The summed E-state index contributed by atoms with van der Waals surface area (Å²) in [5, 5.41) is 6.91. The number of piperazine rings is 1. The fourth-order valence-electron chi connectivity index (χ4n) is 2.42. The first kappa shape index (κ1) is 18.2. The fourth-order valence-corrected chi connectivity index (χ4v) is 3.06. The molecule has 0 radical (unpaired) electrons. The lowest BCUT2D eigenvalue weighted by atomic mass is 10.3. The van der Waals surface area contributed by atoms with Gasteiger partial charge in [-0.1, -0.05) is 6.07 Å². The lowest BCUT2D eigenvalue weighted by Crippen LogP contribution is -3.15. The van der Waals surface area contributed by atoms with Gasteiger partial charge in [-0.25, -0.2) is 9.59 Å². The number of rotatable bonds is 5. The molecule has 2 rings (SSSR count). The SMILES string of the molecule is CCOC(=O)N1CC[NH+](CC(=O)NC(=O)NCc2cccs2)CC1. The largest absolute Gasteiger partial charge is 0.450 e. The van der Waals surface area contributed by atoms with Crippen molar-refractivity contribution in [3.8, 4) is 0 Å². The van der Waals surface area contributed by atoms with Gasteiger partial charge in [0.1, 0.15) is 0 Å². The van der Waals surface area contributed by atoms with Crippen LogP contribution in [-0.2, 0) is 16.1 Å². The molecule has 1 aromatic rings. The molecule has 0 aliphatic carbocycles. The summed E-state index contributed by atoms with van der Waals surface area (Å²) in [5.74, 6) is -0.321. The Morgan fingerprint density at radius 3 is 2.71 bits per heavy atom. The fraction of sp³-hybridized carbons (Fsp3) is 0.533. The van der Waals surface area contributed by atoms with Gasteiger partial charge in [-0.05, 0) is 18.4 Å². The first-order valence-corrected chi connectivity index (χ1v) is 8.81. The number of amides is 4. The van der Waals surface area contributed by atoms with E-state index in [0.717, 1.165) is 9.78 Å². The van der Waals surface area contributed by atoms with Crippen LogP contribution in [0.3, 0.4) is 0 Å². The smallest absolute Gasteiger partial charge is 0.410 e. The summed E-state index contributed by atoms with van der Waals surface area (Å²) in [5.41, 5.74) is 0. The van der Waals surface area contributed by atoms with E-state index in [9.17, 15) is 14.4 Å². The molecule has 0 aromatic carbocycles. The minimum atomic E-state index is -0.488. The summed E-state index contributed by atoms with van der Waals surface area (Å²) in [4.78, 5) is 38.9. The molecule has 1 saturated heterocycles. The molecule has 132 valence electrons. The molecule has 1 aromatic heterocycles. The Morgan fingerprint density at radius 2 is 2.08 bits per heavy atom. The maximum atomic E-state index is 11.9. The Kier molecular flexibility index (Phi) is 7.01. The summed E-state index contributed by atoms with van der Waals surface area (Å²) in [6.45, 7) is 5.15. The second-order valence-corrected chi connectivity index (χ2v) is 6.46. The number of carbonyl (C=O) groups is 3. The van der Waals surface area contributed by atoms with Gasteiger partial charge in [0.05, 0.1) is 39.3 Å². The molecule has 0 saturated carbocycles. The van der Waals surface area contributed by atoms with Gasteiger partial charge in [-0.15, -0.1) is 11.3 Å². The highest BCUT2D eigenvalue weighted by Gasteiger charge is 2.26. The number of hydrogen-bond donors (Lipinski definition) is 3. The lowest BCUT2D eigenvalue weighted by molar-refractivity contribution is -0.896. The van der Waals surface area contributed by atoms with Gasteiger partial charge in [0.25, 0.3) is 5.91 Å². The van der Waals surface area contributed by atoms with Gasteiger partial charge in [0, 0.05) is 4.88 Å². The third kappa shape index (κ3) is 5.82. The monoisotopic (exact) mass is 355 g/mol. The Hall–Kier alpha value is -2.13. The predicted molar refractivity (Wildman–Crippen MR) is 88.9 cm³/mol. The third-order valence-electron chi connectivity index (χ3n) is 3.66. The normalized spacial score (nSPS) is 15.0. The zero-order valence-corrected chi connectivity index (χ0v) is 14.5. The summed E-state index contributed by atoms with van der Waals surface area (Å²) >= 11 is 1.54. The molecule has 24 heavy (non-hydrogen) atoms. The van der Waals surface area contributed by atoms with E-state index in [4.69, 9.17) is 4.74 Å². The molecule has 9 heteroatoms. The minimum absolute atomic E-state index is 0.211. The molecule has 3 N–H and O–H groups in total. The molecule has 2 heterocycles. The Labute approximate surface area is 144 Å². The van der Waals surface area contributed by atoms with Crippen LogP contribution in [0.2, 0.25) is 0 Å². The topological polar surface area (TPSA) is 92.2 Å². The summed E-state index contributed by atoms with van der Waals surface area (Å²) in [6, 6.07) is 3.34. The van der Waals surface area contributed by atoms with Crippen LogP contribution < -0.4 is 15.5 Å². The first-order valence-electron chi connectivity index (χ1n) is 7.93. The standard InChI is InChI=1S/C15H22N4O4S/c1-2-23-15(22)19-7-5-18(6-8-19)11-13(20)17-14(21)16-10-12-4-3-9-24-12/h3-4,9H,2,5-8,10-11H2,1H3,(H2,16,17,20,21)/p+1. The molecule has 4 amide bonds. The van der Waals surface area contributed by atoms with Crippen molar-refractivity contribution in [1.82, 2.24) is 15.5 Å². The number of hydrogen-bond acceptors (Lipinski definition) is 5. The minimum Gasteiger partial charge on any atom is -0.450 e. The highest BCUT2D eigenvalue weighted by molar-refractivity contribution is 7.09. The second kappa shape index (κ2) is 9.24. The zero-order valence-electron chi connectivity index (χ0n) is 13.7. The van der Waals surface area contributed by atoms with Crippen LogP contribution >= 0.6 is 11.3 Å². The second-order valence-electron chi connectivity index (χ2n) is 5.42. The van der Waals surface area contributed by atoms with E-state index in [0.29, 0.717) is 39.3 Å². The molecule has 1 aliphatic rings. The van der Waals surface area contributed by atoms with E-state index in [1.54, 1.807) is 23.2 Å². The van der Waals surface area contributed by atoms with Crippen LogP contribution in [-0.4, -0.2) is 62.3 Å². The number of imide groups is 1. The average Bonchev–Trinajstić information content (AvgIpc) is 3.07. The van der Waals surface area contributed by atoms with Crippen molar-refractivity contribution in [1.29, 1.82) is 0 Å². The van der Waals surface area contributed by atoms with Crippen LogP contribution in [0.5, 0.6) is 0 Å². The molecule has 0 unspecified atom stereocenters. The Balaban J connectivity index is 1.64. The van der Waals surface area contributed by atoms with E-state index < -0.39 is 6.03 Å². The van der Waals surface area contributed by atoms with Crippen molar-refractivity contribution in [2.45, 2.75) is 13.5 Å². The van der Waals surface area contributed by atoms with Crippen LogP contribution in [0.1, 0.15) is 11.8 Å². The van der Waals surface area contributed by atoms with Gasteiger partial charge in [0.2, 0.25) is 0 Å². The Morgan fingerprint density at radius 1 is 1.33 bits per heavy atom. The van der Waals surface area contributed by atoms with E-state index >= 15 is 0 Å². The molecule has 0 bridgehead atoms. The summed E-state index contributed by atoms with van der Waals surface area (Å²) in [7, 11) is 0. The molecule has 8 nitrogen and oxygen atoms in total. The summed E-state index contributed by atoms with van der Waals surface area (Å²) < 4.78 is 4.95. The molecule has 1 fully saturated rings. The number of urea groups is 1. The zero-order chi connectivity index (χ0) is 17.4. The van der Waals surface area contributed by atoms with Crippen LogP contribution in [0.4, 0.5) is 9.59 Å². The van der Waals surface area contributed by atoms with Crippen molar-refractivity contribution >= 4 is 29.4 Å². The van der Waals surface area contributed by atoms with Crippen molar-refractivity contribution in [3.63, 3.8) is 0 Å². The van der Waals surface area contributed by atoms with Gasteiger partial charge >= 0.3 is 12.1 Å². The highest BCUT2D eigenvalue weighted by Crippen LogP contribution is 2.06. The number of nitrogens with one attached hydrogen (secondary N) is 3. The van der Waals surface area contributed by atoms with E-state index in [-0.39, 0.29) is 18.5 Å². The van der Waals surface area contributed by atoms with Crippen molar-refractivity contribution < 1.29 is 24.0 Å². The van der Waals surface area contributed by atoms with Gasteiger partial charge in [-0.3, -0.25) is 15.0 Å². The Bertz CT molecular complexity index is 556. The quantitative estimate of drug-likeness (QED) is 0.660. The number of quaternary nitrogens is 1. The van der Waals surface area contributed by atoms with E-state index in [1.807, 2.05) is 17.5 Å². The van der Waals surface area contributed by atoms with Crippen LogP contribution in [0.25, 0.3) is 0 Å². The van der Waals surface area contributed by atoms with Crippen molar-refractivity contribution in [3.05, 3.63) is 22.4 Å². The maximum Gasteiger partial charge on any atom is 0.410 e. The highest BCUT2D eigenvalue weighted by atomic mass is 32.1. The molecule has 0 atom stereocenters. The van der Waals surface area contributed by atoms with Crippen molar-refractivity contribution in [2.75, 3.05) is 39.3 Å². The molecular weight excluding hydrogens is 332 g/mol. The summed E-state index contributed by atoms with van der Waals surface area (Å²) in [6.07, 6.45) is -0.311. The maximum absolute atomic E-state index is 11.9. The van der Waals surface area contributed by atoms with Crippen LogP contribution in [0.15, 0.2) is 17.5 Å². The van der Waals surface area contributed by atoms with Crippen molar-refractivity contribution in [2.24, 2.45) is 0 Å². The predicted octanol–water partition coefficient (Wildman–Crippen LogP) is -0.569. The van der Waals surface area contributed by atoms with Gasteiger partial charge < -0.3 is 15.0 Å². The number of carbonyl (C=O) groups excluding carboxylic acids is 3. The number of nitrogens with zero attached hydrogens (tertiary/aromatic N) is 1. The molecular formula is C15H23N4O4S+. The van der Waals surface area contributed by atoms with E-state index in [2.05, 4.69) is 10.6 Å². The average molecular weight is 355 g/mol. The lowest BCUT2D eigenvalue weighted by Gasteiger charge is -2.31.